The molecule has 1 aliphatic heterocycles. The minimum Gasteiger partial charge on any atom is -0.389 e. The van der Waals surface area contributed by atoms with Gasteiger partial charge in [-0.1, -0.05) is 13.8 Å². The maximum Gasteiger partial charge on any atom is 0.0760 e. The van der Waals surface area contributed by atoms with Crippen molar-refractivity contribution < 1.29 is 5.11 Å². The van der Waals surface area contributed by atoms with Gasteiger partial charge in [0.05, 0.1) is 5.60 Å². The number of rotatable bonds is 0. The zero-order chi connectivity index (χ0) is 7.83. The fraction of sp³-hybridized carbons (Fsp3) is 1.00. The fourth-order valence-corrected chi connectivity index (χ4v) is 2.65. The number of hydrogen-bond donors (Lipinski definition) is 1. The van der Waals surface area contributed by atoms with E-state index in [0.717, 1.165) is 12.2 Å². The highest BCUT2D eigenvalue weighted by Crippen LogP contribution is 2.41. The van der Waals surface area contributed by atoms with Gasteiger partial charge in [-0.05, 0) is 24.5 Å². The molecule has 1 atom stereocenters. The van der Waals surface area contributed by atoms with Crippen LogP contribution in [0.25, 0.3) is 0 Å². The van der Waals surface area contributed by atoms with E-state index in [4.69, 9.17) is 0 Å². The highest BCUT2D eigenvalue weighted by Gasteiger charge is 2.41. The summed E-state index contributed by atoms with van der Waals surface area (Å²) in [6, 6.07) is 0. The van der Waals surface area contributed by atoms with Gasteiger partial charge in [-0.15, -0.1) is 0 Å². The quantitative estimate of drug-likeness (QED) is 0.584. The molecule has 1 rings (SSSR count). The molecule has 0 bridgehead atoms. The van der Waals surface area contributed by atoms with Crippen LogP contribution in [0.5, 0.6) is 0 Å². The van der Waals surface area contributed by atoms with E-state index in [-0.39, 0.29) is 5.41 Å². The lowest BCUT2D eigenvalue weighted by Gasteiger charge is -2.43. The van der Waals surface area contributed by atoms with Crippen molar-refractivity contribution in [2.45, 2.75) is 32.8 Å². The molecular formula is C8H16OS. The molecule has 1 heterocycles. The second-order valence-electron chi connectivity index (χ2n) is 3.96. The van der Waals surface area contributed by atoms with Crippen LogP contribution in [-0.4, -0.2) is 22.2 Å². The van der Waals surface area contributed by atoms with E-state index < -0.39 is 5.60 Å². The van der Waals surface area contributed by atoms with Crippen LogP contribution in [0.3, 0.4) is 0 Å². The second-order valence-corrected chi connectivity index (χ2v) is 5.07. The van der Waals surface area contributed by atoms with Crippen molar-refractivity contribution >= 4 is 11.8 Å². The van der Waals surface area contributed by atoms with Gasteiger partial charge in [0.25, 0.3) is 0 Å². The zero-order valence-electron chi connectivity index (χ0n) is 6.98. The van der Waals surface area contributed by atoms with Crippen molar-refractivity contribution in [2.75, 3.05) is 11.5 Å². The van der Waals surface area contributed by atoms with E-state index in [1.54, 1.807) is 0 Å². The van der Waals surface area contributed by atoms with Gasteiger partial charge in [0, 0.05) is 5.75 Å². The Labute approximate surface area is 67.2 Å². The summed E-state index contributed by atoms with van der Waals surface area (Å²) in [6.45, 7) is 6.23. The Hall–Kier alpha value is 0.310. The van der Waals surface area contributed by atoms with Crippen molar-refractivity contribution in [3.63, 3.8) is 0 Å². The molecule has 0 amide bonds. The van der Waals surface area contributed by atoms with E-state index in [1.807, 2.05) is 18.7 Å². The number of aliphatic hydroxyl groups is 1. The number of hydrogen-bond acceptors (Lipinski definition) is 2. The molecule has 1 aliphatic rings. The number of thioether (sulfide) groups is 1. The lowest BCUT2D eigenvalue weighted by molar-refractivity contribution is -0.0353. The molecule has 0 saturated carbocycles. The van der Waals surface area contributed by atoms with Crippen molar-refractivity contribution in [1.82, 2.24) is 0 Å². The van der Waals surface area contributed by atoms with Crippen molar-refractivity contribution in [1.29, 1.82) is 0 Å². The lowest BCUT2D eigenvalue weighted by atomic mass is 9.75. The second kappa shape index (κ2) is 2.42. The van der Waals surface area contributed by atoms with E-state index >= 15 is 0 Å². The van der Waals surface area contributed by atoms with Crippen molar-refractivity contribution in [2.24, 2.45) is 5.41 Å². The first-order valence-electron chi connectivity index (χ1n) is 3.76. The highest BCUT2D eigenvalue weighted by atomic mass is 32.2. The van der Waals surface area contributed by atoms with Crippen molar-refractivity contribution in [3.8, 4) is 0 Å². The van der Waals surface area contributed by atoms with Gasteiger partial charge in [-0.25, -0.2) is 0 Å². The predicted molar refractivity (Wildman–Crippen MR) is 46.3 cm³/mol. The third-order valence-corrected chi connectivity index (χ3v) is 3.97. The van der Waals surface area contributed by atoms with Gasteiger partial charge in [-0.2, -0.15) is 11.8 Å². The summed E-state index contributed by atoms with van der Waals surface area (Å²) < 4.78 is 0. The summed E-state index contributed by atoms with van der Waals surface area (Å²) in [7, 11) is 0. The fourth-order valence-electron chi connectivity index (χ4n) is 1.06. The zero-order valence-corrected chi connectivity index (χ0v) is 7.79. The SMILES string of the molecule is CC1(C)CCSCC1(C)O. The van der Waals surface area contributed by atoms with E-state index in [1.165, 1.54) is 5.75 Å². The minimum atomic E-state index is -0.462. The molecule has 1 nitrogen and oxygen atoms in total. The minimum absolute atomic E-state index is 0.109. The first kappa shape index (κ1) is 8.41. The summed E-state index contributed by atoms with van der Waals surface area (Å²) in [5, 5.41) is 9.88. The summed E-state index contributed by atoms with van der Waals surface area (Å²) in [6.07, 6.45) is 1.13. The molecule has 1 unspecified atom stereocenters. The Morgan fingerprint density at radius 3 is 2.20 bits per heavy atom. The smallest absolute Gasteiger partial charge is 0.0760 e. The highest BCUT2D eigenvalue weighted by molar-refractivity contribution is 7.99. The molecule has 0 aromatic carbocycles. The summed E-state index contributed by atoms with van der Waals surface area (Å²) >= 11 is 1.85. The molecular weight excluding hydrogens is 144 g/mol. The standard InChI is InChI=1S/C8H16OS/c1-7(2)4-5-10-6-8(7,3)9/h9H,4-6H2,1-3H3. The average Bonchev–Trinajstić information content (AvgIpc) is 1.77. The molecule has 1 N–H and O–H groups in total. The van der Waals surface area contributed by atoms with Crippen LogP contribution < -0.4 is 0 Å². The molecule has 0 spiro atoms. The Morgan fingerprint density at radius 2 is 1.90 bits per heavy atom. The molecule has 1 fully saturated rings. The predicted octanol–water partition coefficient (Wildman–Crippen LogP) is 1.90. The van der Waals surface area contributed by atoms with Gasteiger partial charge in [-0.3, -0.25) is 0 Å². The molecule has 0 radical (unpaired) electrons. The van der Waals surface area contributed by atoms with Gasteiger partial charge in [0.2, 0.25) is 0 Å². The van der Waals surface area contributed by atoms with E-state index in [2.05, 4.69) is 13.8 Å². The summed E-state index contributed by atoms with van der Waals surface area (Å²) in [5.74, 6) is 2.09. The normalized spacial score (nSPS) is 39.6. The third kappa shape index (κ3) is 1.32. The average molecular weight is 160 g/mol. The largest absolute Gasteiger partial charge is 0.389 e. The molecule has 0 aliphatic carbocycles. The topological polar surface area (TPSA) is 20.2 Å². The van der Waals surface area contributed by atoms with Gasteiger partial charge in [0.15, 0.2) is 0 Å². The molecule has 0 aromatic rings. The first-order valence-corrected chi connectivity index (χ1v) is 4.91. The van der Waals surface area contributed by atoms with Crippen LogP contribution in [0.1, 0.15) is 27.2 Å². The van der Waals surface area contributed by atoms with Gasteiger partial charge in [0.1, 0.15) is 0 Å². The Balaban J connectivity index is 2.70. The Morgan fingerprint density at radius 1 is 1.30 bits per heavy atom. The molecule has 0 aromatic heterocycles. The van der Waals surface area contributed by atoms with Crippen LogP contribution in [0.15, 0.2) is 0 Å². The molecule has 60 valence electrons. The molecule has 10 heavy (non-hydrogen) atoms. The van der Waals surface area contributed by atoms with Crippen molar-refractivity contribution in [3.05, 3.63) is 0 Å². The summed E-state index contributed by atoms with van der Waals surface area (Å²) in [4.78, 5) is 0. The van der Waals surface area contributed by atoms with E-state index in [9.17, 15) is 5.11 Å². The molecule has 2 heteroatoms. The third-order valence-electron chi connectivity index (χ3n) is 2.71. The van der Waals surface area contributed by atoms with Gasteiger partial charge >= 0.3 is 0 Å². The van der Waals surface area contributed by atoms with Crippen LogP contribution in [0, 0.1) is 5.41 Å². The Kier molecular flexibility index (Phi) is 2.03. The summed E-state index contributed by atoms with van der Waals surface area (Å²) in [5.41, 5.74) is -0.353. The van der Waals surface area contributed by atoms with Crippen LogP contribution >= 0.6 is 11.8 Å². The van der Waals surface area contributed by atoms with E-state index in [0.29, 0.717) is 0 Å². The van der Waals surface area contributed by atoms with Crippen LogP contribution in [0.2, 0.25) is 0 Å². The maximum absolute atomic E-state index is 9.88. The van der Waals surface area contributed by atoms with Crippen LogP contribution in [-0.2, 0) is 0 Å². The first-order chi connectivity index (χ1) is 4.46. The monoisotopic (exact) mass is 160 g/mol. The maximum atomic E-state index is 9.88. The van der Waals surface area contributed by atoms with Crippen LogP contribution in [0.4, 0.5) is 0 Å². The Bertz CT molecular complexity index is 113. The van der Waals surface area contributed by atoms with Gasteiger partial charge < -0.3 is 5.11 Å². The lowest BCUT2D eigenvalue weighted by Crippen LogP contribution is -2.47. The molecule has 1 saturated heterocycles.